The van der Waals surface area contributed by atoms with Gasteiger partial charge in [-0.3, -0.25) is 0 Å². The van der Waals surface area contributed by atoms with Crippen molar-refractivity contribution >= 4 is 5.97 Å². The molecule has 0 fully saturated rings. The zero-order chi connectivity index (χ0) is 31.6. The van der Waals surface area contributed by atoms with Crippen molar-refractivity contribution in [1.82, 2.24) is 9.97 Å². The molecular formula is C36H47F3N2O3. The average Bonchev–Trinajstić information content (AvgIpc) is 3.03. The molecule has 2 aromatic carbocycles. The van der Waals surface area contributed by atoms with Crippen molar-refractivity contribution < 1.29 is 27.4 Å². The van der Waals surface area contributed by atoms with Gasteiger partial charge in [0.1, 0.15) is 5.75 Å². The SMILES string of the molecule is CCCCCCCCCOc1ccc(-c2cnc(-c3ccc(C(=O)OC(CCCCCCCC)C(F)(F)F)cc3)nc2)cc1. The van der Waals surface area contributed by atoms with Crippen LogP contribution in [0.3, 0.4) is 0 Å². The van der Waals surface area contributed by atoms with Crippen molar-refractivity contribution in [3.8, 4) is 28.3 Å². The number of unbranched alkanes of at least 4 members (excludes halogenated alkanes) is 11. The summed E-state index contributed by atoms with van der Waals surface area (Å²) in [5.41, 5.74) is 2.49. The number of nitrogens with zero attached hydrogens (tertiary/aromatic N) is 2. The van der Waals surface area contributed by atoms with Crippen LogP contribution in [0.2, 0.25) is 0 Å². The number of hydrogen-bond donors (Lipinski definition) is 0. The minimum Gasteiger partial charge on any atom is -0.494 e. The molecule has 0 bridgehead atoms. The van der Waals surface area contributed by atoms with Crippen molar-refractivity contribution in [2.45, 2.75) is 116 Å². The van der Waals surface area contributed by atoms with Gasteiger partial charge in [0.2, 0.25) is 0 Å². The fourth-order valence-electron chi connectivity index (χ4n) is 4.97. The first-order valence-corrected chi connectivity index (χ1v) is 16.2. The van der Waals surface area contributed by atoms with Crippen LogP contribution in [0.5, 0.6) is 5.75 Å². The van der Waals surface area contributed by atoms with E-state index in [-0.39, 0.29) is 12.0 Å². The third-order valence-electron chi connectivity index (χ3n) is 7.67. The summed E-state index contributed by atoms with van der Waals surface area (Å²) in [6, 6.07) is 13.9. The van der Waals surface area contributed by atoms with Gasteiger partial charge in [-0.25, -0.2) is 14.8 Å². The van der Waals surface area contributed by atoms with Crippen LogP contribution in [-0.2, 0) is 4.74 Å². The lowest BCUT2D eigenvalue weighted by Crippen LogP contribution is -2.33. The van der Waals surface area contributed by atoms with E-state index in [1.54, 1.807) is 24.5 Å². The summed E-state index contributed by atoms with van der Waals surface area (Å²) in [6.07, 6.45) is 10.3. The lowest BCUT2D eigenvalue weighted by molar-refractivity contribution is -0.206. The van der Waals surface area contributed by atoms with Gasteiger partial charge in [0.25, 0.3) is 0 Å². The maximum absolute atomic E-state index is 13.5. The van der Waals surface area contributed by atoms with Crippen LogP contribution in [0.25, 0.3) is 22.5 Å². The van der Waals surface area contributed by atoms with Crippen LogP contribution in [0.4, 0.5) is 13.2 Å². The Morgan fingerprint density at radius 1 is 0.682 bits per heavy atom. The van der Waals surface area contributed by atoms with Gasteiger partial charge in [-0.15, -0.1) is 0 Å². The minimum atomic E-state index is -4.60. The second-order valence-corrected chi connectivity index (χ2v) is 11.4. The number of ether oxygens (including phenoxy) is 2. The largest absolute Gasteiger partial charge is 0.494 e. The number of esters is 1. The number of rotatable bonds is 20. The van der Waals surface area contributed by atoms with Crippen LogP contribution in [0.1, 0.15) is 114 Å². The Morgan fingerprint density at radius 3 is 1.77 bits per heavy atom. The molecule has 0 radical (unpaired) electrons. The molecule has 3 rings (SSSR count). The van der Waals surface area contributed by atoms with E-state index in [1.165, 1.54) is 50.7 Å². The van der Waals surface area contributed by atoms with Crippen LogP contribution in [-0.4, -0.2) is 34.8 Å². The summed E-state index contributed by atoms with van der Waals surface area (Å²) in [5.74, 6) is 0.287. The molecule has 8 heteroatoms. The van der Waals surface area contributed by atoms with Gasteiger partial charge in [-0.1, -0.05) is 109 Å². The molecule has 0 aliphatic heterocycles. The number of alkyl halides is 3. The number of benzene rings is 2. The standard InChI is InChI=1S/C36H47F3N2O3/c1-3-5-7-9-11-13-15-25-43-32-23-21-28(22-24-32)31-26-40-34(41-27-31)29-17-19-30(20-18-29)35(42)44-33(36(37,38)39)16-14-12-10-8-6-4-2/h17-24,26-27,33H,3-16,25H2,1-2H3. The van der Waals surface area contributed by atoms with E-state index in [0.29, 0.717) is 30.8 Å². The quantitative estimate of drug-likeness (QED) is 0.0938. The molecule has 0 saturated heterocycles. The highest BCUT2D eigenvalue weighted by Crippen LogP contribution is 2.29. The van der Waals surface area contributed by atoms with E-state index in [0.717, 1.165) is 49.0 Å². The molecule has 1 heterocycles. The van der Waals surface area contributed by atoms with E-state index in [4.69, 9.17) is 9.47 Å². The molecule has 0 aliphatic rings. The van der Waals surface area contributed by atoms with Crippen molar-refractivity contribution in [2.75, 3.05) is 6.61 Å². The van der Waals surface area contributed by atoms with Crippen molar-refractivity contribution in [1.29, 1.82) is 0 Å². The lowest BCUT2D eigenvalue weighted by atomic mass is 10.1. The Hall–Kier alpha value is -3.42. The molecule has 240 valence electrons. The number of hydrogen-bond acceptors (Lipinski definition) is 5. The van der Waals surface area contributed by atoms with Gasteiger partial charge in [0.15, 0.2) is 11.9 Å². The van der Waals surface area contributed by atoms with E-state index >= 15 is 0 Å². The maximum Gasteiger partial charge on any atom is 0.425 e. The summed E-state index contributed by atoms with van der Waals surface area (Å²) >= 11 is 0. The smallest absolute Gasteiger partial charge is 0.425 e. The average molecular weight is 613 g/mol. The first-order chi connectivity index (χ1) is 21.3. The van der Waals surface area contributed by atoms with Crippen LogP contribution < -0.4 is 4.74 Å². The Balaban J connectivity index is 1.48. The van der Waals surface area contributed by atoms with Crippen LogP contribution >= 0.6 is 0 Å². The number of carbonyl (C=O) groups is 1. The molecule has 3 aromatic rings. The topological polar surface area (TPSA) is 61.3 Å². The molecule has 5 nitrogen and oxygen atoms in total. The lowest BCUT2D eigenvalue weighted by Gasteiger charge is -2.20. The molecule has 0 amide bonds. The van der Waals surface area contributed by atoms with Crippen molar-refractivity contribution in [2.24, 2.45) is 0 Å². The predicted octanol–water partition coefficient (Wildman–Crippen LogP) is 10.8. The Kier molecular flexibility index (Phi) is 15.2. The first-order valence-electron chi connectivity index (χ1n) is 16.2. The molecule has 1 aromatic heterocycles. The zero-order valence-electron chi connectivity index (χ0n) is 26.2. The van der Waals surface area contributed by atoms with Crippen molar-refractivity contribution in [3.63, 3.8) is 0 Å². The van der Waals surface area contributed by atoms with E-state index in [1.807, 2.05) is 24.3 Å². The van der Waals surface area contributed by atoms with Gasteiger partial charge in [0, 0.05) is 23.5 Å². The van der Waals surface area contributed by atoms with Gasteiger partial charge in [0.05, 0.1) is 12.2 Å². The summed E-state index contributed by atoms with van der Waals surface area (Å²) in [4.78, 5) is 21.4. The molecular weight excluding hydrogens is 565 g/mol. The fraction of sp³-hybridized carbons (Fsp3) is 0.528. The highest BCUT2D eigenvalue weighted by molar-refractivity contribution is 5.90. The fourth-order valence-corrected chi connectivity index (χ4v) is 4.97. The first kappa shape index (κ1) is 35.1. The summed E-state index contributed by atoms with van der Waals surface area (Å²) in [5, 5.41) is 0. The van der Waals surface area contributed by atoms with E-state index in [9.17, 15) is 18.0 Å². The molecule has 44 heavy (non-hydrogen) atoms. The van der Waals surface area contributed by atoms with E-state index < -0.39 is 18.2 Å². The van der Waals surface area contributed by atoms with Crippen molar-refractivity contribution in [3.05, 3.63) is 66.5 Å². The minimum absolute atomic E-state index is 0.0526. The van der Waals surface area contributed by atoms with Gasteiger partial charge < -0.3 is 9.47 Å². The summed E-state index contributed by atoms with van der Waals surface area (Å²) in [6.45, 7) is 5.03. The third-order valence-corrected chi connectivity index (χ3v) is 7.67. The number of aromatic nitrogens is 2. The summed E-state index contributed by atoms with van der Waals surface area (Å²) in [7, 11) is 0. The third kappa shape index (κ3) is 12.3. The van der Waals surface area contributed by atoms with Crippen LogP contribution in [0, 0.1) is 0 Å². The zero-order valence-corrected chi connectivity index (χ0v) is 26.2. The normalized spacial score (nSPS) is 12.2. The number of carbonyl (C=O) groups excluding carboxylic acids is 1. The van der Waals surface area contributed by atoms with Crippen LogP contribution in [0.15, 0.2) is 60.9 Å². The molecule has 0 N–H and O–H groups in total. The highest BCUT2D eigenvalue weighted by atomic mass is 19.4. The van der Waals surface area contributed by atoms with E-state index in [2.05, 4.69) is 23.8 Å². The highest BCUT2D eigenvalue weighted by Gasteiger charge is 2.42. The number of halogens is 3. The maximum atomic E-state index is 13.5. The Labute approximate surface area is 260 Å². The Morgan fingerprint density at radius 2 is 1.20 bits per heavy atom. The molecule has 0 spiro atoms. The molecule has 0 saturated carbocycles. The summed E-state index contributed by atoms with van der Waals surface area (Å²) < 4.78 is 51.3. The molecule has 0 aliphatic carbocycles. The molecule has 1 atom stereocenters. The predicted molar refractivity (Wildman–Crippen MR) is 170 cm³/mol. The monoisotopic (exact) mass is 612 g/mol. The Bertz CT molecular complexity index is 1210. The second kappa shape index (κ2) is 19.1. The van der Waals surface area contributed by atoms with Gasteiger partial charge in [-0.05, 0) is 49.1 Å². The van der Waals surface area contributed by atoms with Gasteiger partial charge in [-0.2, -0.15) is 13.2 Å². The molecule has 1 unspecified atom stereocenters. The van der Waals surface area contributed by atoms with Gasteiger partial charge >= 0.3 is 12.1 Å². The second-order valence-electron chi connectivity index (χ2n) is 11.4.